The predicted octanol–water partition coefficient (Wildman–Crippen LogP) is 2.56. The number of rotatable bonds is 5. The van der Waals surface area contributed by atoms with Gasteiger partial charge in [-0.3, -0.25) is 10.1 Å². The van der Waals surface area contributed by atoms with Crippen LogP contribution in [0.1, 0.15) is 50.5 Å². The highest BCUT2D eigenvalue weighted by Crippen LogP contribution is 2.26. The Labute approximate surface area is 111 Å². The molecule has 2 atom stereocenters. The first-order chi connectivity index (χ1) is 8.70. The number of ether oxygens (including phenoxy) is 1. The van der Waals surface area contributed by atoms with Gasteiger partial charge in [0.25, 0.3) is 5.91 Å². The molecule has 1 amide bonds. The molecular formula is C12H19N3O2S. The van der Waals surface area contributed by atoms with Gasteiger partial charge in [-0.25, -0.2) is 0 Å². The molecule has 0 radical (unpaired) electrons. The molecule has 0 spiro atoms. The van der Waals surface area contributed by atoms with Gasteiger partial charge in [0.15, 0.2) is 0 Å². The van der Waals surface area contributed by atoms with E-state index in [0.29, 0.717) is 17.7 Å². The van der Waals surface area contributed by atoms with Crippen molar-refractivity contribution < 1.29 is 9.53 Å². The van der Waals surface area contributed by atoms with E-state index in [9.17, 15) is 4.79 Å². The van der Waals surface area contributed by atoms with Crippen molar-refractivity contribution in [2.75, 3.05) is 11.9 Å². The topological polar surface area (TPSA) is 64.1 Å². The second-order valence-corrected chi connectivity index (χ2v) is 5.64. The number of aromatic nitrogens is 2. The van der Waals surface area contributed by atoms with Crippen molar-refractivity contribution in [2.24, 2.45) is 0 Å². The molecule has 0 bridgehead atoms. The van der Waals surface area contributed by atoms with E-state index in [0.717, 1.165) is 30.7 Å². The fraction of sp³-hybridized carbons (Fsp3) is 0.750. The summed E-state index contributed by atoms with van der Waals surface area (Å²) in [5.74, 6) is 0.305. The van der Waals surface area contributed by atoms with E-state index >= 15 is 0 Å². The summed E-state index contributed by atoms with van der Waals surface area (Å²) in [5.41, 5.74) is 0. The summed E-state index contributed by atoms with van der Waals surface area (Å²) in [4.78, 5) is 11.8. The van der Waals surface area contributed by atoms with Crippen molar-refractivity contribution in [2.45, 2.75) is 51.6 Å². The molecule has 1 aliphatic rings. The zero-order valence-electron chi connectivity index (χ0n) is 10.8. The summed E-state index contributed by atoms with van der Waals surface area (Å²) < 4.78 is 5.32. The number of hydrogen-bond donors (Lipinski definition) is 1. The molecule has 1 saturated heterocycles. The largest absolute Gasteiger partial charge is 0.368 e. The third-order valence-electron chi connectivity index (χ3n) is 3.04. The van der Waals surface area contributed by atoms with E-state index in [1.54, 1.807) is 0 Å². The molecule has 0 aromatic carbocycles. The minimum atomic E-state index is -0.314. The Hall–Kier alpha value is -1.01. The number of amides is 1. The number of anilines is 1. The average molecular weight is 269 g/mol. The van der Waals surface area contributed by atoms with Crippen LogP contribution in [0.2, 0.25) is 0 Å². The van der Waals surface area contributed by atoms with Crippen molar-refractivity contribution in [3.63, 3.8) is 0 Å². The second kappa shape index (κ2) is 6.24. The molecule has 0 aliphatic carbocycles. The van der Waals surface area contributed by atoms with Gasteiger partial charge in [-0.15, -0.1) is 10.2 Å². The van der Waals surface area contributed by atoms with Gasteiger partial charge in [-0.1, -0.05) is 31.6 Å². The van der Waals surface area contributed by atoms with Crippen LogP contribution in [0.25, 0.3) is 0 Å². The summed E-state index contributed by atoms with van der Waals surface area (Å²) in [7, 11) is 0. The number of nitrogens with zero attached hydrogens (tertiary/aromatic N) is 2. The van der Waals surface area contributed by atoms with E-state index in [-0.39, 0.29) is 12.0 Å². The van der Waals surface area contributed by atoms with Crippen LogP contribution in [0.15, 0.2) is 0 Å². The molecule has 1 aromatic rings. The summed E-state index contributed by atoms with van der Waals surface area (Å²) in [5, 5.41) is 12.5. The summed E-state index contributed by atoms with van der Waals surface area (Å²) in [6.45, 7) is 4.96. The van der Waals surface area contributed by atoms with Crippen molar-refractivity contribution in [1.29, 1.82) is 0 Å². The van der Waals surface area contributed by atoms with E-state index in [1.807, 2.05) is 0 Å². The van der Waals surface area contributed by atoms with Crippen LogP contribution in [-0.2, 0) is 9.53 Å². The summed E-state index contributed by atoms with van der Waals surface area (Å²) in [6.07, 6.45) is 3.65. The van der Waals surface area contributed by atoms with Gasteiger partial charge >= 0.3 is 0 Å². The number of nitrogens with one attached hydrogen (secondary N) is 1. The van der Waals surface area contributed by atoms with Crippen molar-refractivity contribution in [1.82, 2.24) is 10.2 Å². The zero-order valence-corrected chi connectivity index (χ0v) is 11.6. The first kappa shape index (κ1) is 13.4. The molecule has 100 valence electrons. The van der Waals surface area contributed by atoms with Crippen molar-refractivity contribution in [3.05, 3.63) is 5.01 Å². The Bertz CT molecular complexity index is 402. The molecule has 2 rings (SSSR count). The minimum Gasteiger partial charge on any atom is -0.368 e. The van der Waals surface area contributed by atoms with E-state index in [1.165, 1.54) is 11.3 Å². The maximum Gasteiger partial charge on any atom is 0.255 e. The zero-order chi connectivity index (χ0) is 13.0. The predicted molar refractivity (Wildman–Crippen MR) is 70.8 cm³/mol. The first-order valence-electron chi connectivity index (χ1n) is 6.46. The molecule has 1 aliphatic heterocycles. The lowest BCUT2D eigenvalue weighted by Crippen LogP contribution is -2.26. The lowest BCUT2D eigenvalue weighted by Gasteiger charge is -2.07. The molecule has 0 saturated carbocycles. The van der Waals surface area contributed by atoms with Crippen LogP contribution in [0.3, 0.4) is 0 Å². The third-order valence-corrected chi connectivity index (χ3v) is 4.11. The quantitative estimate of drug-likeness (QED) is 0.892. The Kier molecular flexibility index (Phi) is 4.66. The van der Waals surface area contributed by atoms with Crippen LogP contribution in [0, 0.1) is 0 Å². The van der Waals surface area contributed by atoms with Crippen LogP contribution in [0.4, 0.5) is 5.13 Å². The average Bonchev–Trinajstić information content (AvgIpc) is 2.99. The molecule has 6 heteroatoms. The third kappa shape index (κ3) is 3.26. The second-order valence-electron chi connectivity index (χ2n) is 4.63. The Morgan fingerprint density at radius 1 is 1.61 bits per heavy atom. The molecule has 18 heavy (non-hydrogen) atoms. The molecular weight excluding hydrogens is 250 g/mol. The monoisotopic (exact) mass is 269 g/mol. The van der Waals surface area contributed by atoms with Gasteiger partial charge in [0.2, 0.25) is 5.13 Å². The van der Waals surface area contributed by atoms with E-state index in [4.69, 9.17) is 4.74 Å². The van der Waals surface area contributed by atoms with Crippen molar-refractivity contribution >= 4 is 22.4 Å². The SMILES string of the molecule is CCC[C@H](C)c1nnc(NC(=O)[C@H]2CCCO2)s1. The lowest BCUT2D eigenvalue weighted by molar-refractivity contribution is -0.124. The van der Waals surface area contributed by atoms with Gasteiger partial charge in [-0.05, 0) is 19.3 Å². The summed E-state index contributed by atoms with van der Waals surface area (Å²) in [6, 6.07) is 0. The highest BCUT2D eigenvalue weighted by atomic mass is 32.1. The standard InChI is InChI=1S/C12H19N3O2S/c1-3-5-8(2)11-14-15-12(18-11)13-10(16)9-6-4-7-17-9/h8-9H,3-7H2,1-2H3,(H,13,15,16)/t8-,9+/m0/s1. The maximum absolute atomic E-state index is 11.8. The van der Waals surface area contributed by atoms with E-state index < -0.39 is 0 Å². The lowest BCUT2D eigenvalue weighted by atomic mass is 10.1. The van der Waals surface area contributed by atoms with Gasteiger partial charge < -0.3 is 4.74 Å². The van der Waals surface area contributed by atoms with Gasteiger partial charge in [0.05, 0.1) is 0 Å². The molecule has 1 aromatic heterocycles. The molecule has 1 fully saturated rings. The highest BCUT2D eigenvalue weighted by Gasteiger charge is 2.24. The molecule has 1 N–H and O–H groups in total. The number of hydrogen-bond acceptors (Lipinski definition) is 5. The molecule has 0 unspecified atom stereocenters. The summed E-state index contributed by atoms with van der Waals surface area (Å²) >= 11 is 1.46. The first-order valence-corrected chi connectivity index (χ1v) is 7.28. The fourth-order valence-corrected chi connectivity index (χ4v) is 2.84. The fourth-order valence-electron chi connectivity index (χ4n) is 2.01. The van der Waals surface area contributed by atoms with Gasteiger partial charge in [0, 0.05) is 12.5 Å². The van der Waals surface area contributed by atoms with Crippen molar-refractivity contribution in [3.8, 4) is 0 Å². The van der Waals surface area contributed by atoms with E-state index in [2.05, 4.69) is 29.4 Å². The number of carbonyl (C=O) groups is 1. The molecule has 2 heterocycles. The normalized spacial score (nSPS) is 20.9. The van der Waals surface area contributed by atoms with Crippen LogP contribution in [-0.4, -0.2) is 28.8 Å². The smallest absolute Gasteiger partial charge is 0.255 e. The van der Waals surface area contributed by atoms with Gasteiger partial charge in [-0.2, -0.15) is 0 Å². The highest BCUT2D eigenvalue weighted by molar-refractivity contribution is 7.15. The van der Waals surface area contributed by atoms with Crippen LogP contribution >= 0.6 is 11.3 Å². The Morgan fingerprint density at radius 2 is 2.44 bits per heavy atom. The molecule has 5 nitrogen and oxygen atoms in total. The van der Waals surface area contributed by atoms with Crippen LogP contribution in [0.5, 0.6) is 0 Å². The van der Waals surface area contributed by atoms with Crippen LogP contribution < -0.4 is 5.32 Å². The Morgan fingerprint density at radius 3 is 3.11 bits per heavy atom. The minimum absolute atomic E-state index is 0.0988. The van der Waals surface area contributed by atoms with Gasteiger partial charge in [0.1, 0.15) is 11.1 Å². The maximum atomic E-state index is 11.8. The number of carbonyl (C=O) groups excluding carboxylic acids is 1. The Balaban J connectivity index is 1.91.